The second kappa shape index (κ2) is 6.43. The van der Waals surface area contributed by atoms with Gasteiger partial charge in [-0.2, -0.15) is 4.80 Å². The summed E-state index contributed by atoms with van der Waals surface area (Å²) in [6, 6.07) is 5.99. The van der Waals surface area contributed by atoms with E-state index in [1.165, 1.54) is 16.9 Å². The number of rotatable bonds is 5. The fourth-order valence-electron chi connectivity index (χ4n) is 1.65. The molecule has 7 heteroatoms. The van der Waals surface area contributed by atoms with Crippen molar-refractivity contribution >= 4 is 5.91 Å². The first-order valence-corrected chi connectivity index (χ1v) is 6.79. The Bertz CT molecular complexity index is 625. The van der Waals surface area contributed by atoms with E-state index in [0.29, 0.717) is 17.3 Å². The molecule has 0 saturated heterocycles. The van der Waals surface area contributed by atoms with Crippen molar-refractivity contribution in [3.05, 3.63) is 30.1 Å². The maximum atomic E-state index is 13.1. The molecule has 6 nitrogen and oxygen atoms in total. The number of nitrogens with one attached hydrogen (secondary N) is 1. The third kappa shape index (κ3) is 4.08. The molecular weight excluding hydrogens is 273 g/mol. The lowest BCUT2D eigenvalue weighted by molar-refractivity contribution is -0.123. The van der Waals surface area contributed by atoms with Gasteiger partial charge in [0.05, 0.1) is 0 Å². The molecule has 0 aliphatic rings. The molecule has 21 heavy (non-hydrogen) atoms. The molecule has 1 aromatic carbocycles. The van der Waals surface area contributed by atoms with Crippen LogP contribution in [0.25, 0.3) is 11.4 Å². The van der Waals surface area contributed by atoms with E-state index in [-0.39, 0.29) is 24.3 Å². The number of hydrogen-bond donors (Lipinski definition) is 1. The lowest BCUT2D eigenvalue weighted by Crippen LogP contribution is -2.38. The van der Waals surface area contributed by atoms with E-state index < -0.39 is 0 Å². The molecular formula is C14H18FN5O. The summed E-state index contributed by atoms with van der Waals surface area (Å²) in [6.45, 7) is 5.98. The van der Waals surface area contributed by atoms with Gasteiger partial charge in [0.1, 0.15) is 12.4 Å². The first kappa shape index (κ1) is 15.1. The molecule has 112 valence electrons. The van der Waals surface area contributed by atoms with Crippen molar-refractivity contribution in [2.24, 2.45) is 5.92 Å². The number of carbonyl (C=O) groups is 1. The lowest BCUT2D eigenvalue weighted by Gasteiger charge is -2.16. The Morgan fingerprint density at radius 2 is 2.14 bits per heavy atom. The Morgan fingerprint density at radius 3 is 2.81 bits per heavy atom. The summed E-state index contributed by atoms with van der Waals surface area (Å²) in [4.78, 5) is 13.0. The van der Waals surface area contributed by atoms with Crippen molar-refractivity contribution in [3.8, 4) is 11.4 Å². The summed E-state index contributed by atoms with van der Waals surface area (Å²) in [5.74, 6) is 0.0893. The van der Waals surface area contributed by atoms with Gasteiger partial charge in [0.2, 0.25) is 11.7 Å². The van der Waals surface area contributed by atoms with E-state index in [9.17, 15) is 9.18 Å². The summed E-state index contributed by atoms with van der Waals surface area (Å²) in [7, 11) is 0. The Kier molecular flexibility index (Phi) is 4.62. The van der Waals surface area contributed by atoms with Crippen LogP contribution in [0.1, 0.15) is 20.8 Å². The Morgan fingerprint density at radius 1 is 1.38 bits per heavy atom. The molecule has 1 heterocycles. The van der Waals surface area contributed by atoms with Crippen LogP contribution in [0.2, 0.25) is 0 Å². The predicted molar refractivity (Wildman–Crippen MR) is 75.7 cm³/mol. The Hall–Kier alpha value is -2.31. The average Bonchev–Trinajstić information content (AvgIpc) is 2.86. The van der Waals surface area contributed by atoms with Gasteiger partial charge in [-0.3, -0.25) is 4.79 Å². The van der Waals surface area contributed by atoms with Gasteiger partial charge < -0.3 is 5.32 Å². The molecule has 1 amide bonds. The van der Waals surface area contributed by atoms with Crippen LogP contribution in [0.4, 0.5) is 4.39 Å². The quantitative estimate of drug-likeness (QED) is 0.909. The number of hydrogen-bond acceptors (Lipinski definition) is 4. The number of halogens is 1. The smallest absolute Gasteiger partial charge is 0.243 e. The summed E-state index contributed by atoms with van der Waals surface area (Å²) in [5, 5.41) is 14.6. The van der Waals surface area contributed by atoms with Crippen LogP contribution >= 0.6 is 0 Å². The van der Waals surface area contributed by atoms with Crippen LogP contribution in [0.5, 0.6) is 0 Å². The maximum Gasteiger partial charge on any atom is 0.243 e. The number of nitrogens with zero attached hydrogens (tertiary/aromatic N) is 4. The fourth-order valence-corrected chi connectivity index (χ4v) is 1.65. The molecule has 1 aromatic heterocycles. The Balaban J connectivity index is 2.02. The minimum Gasteiger partial charge on any atom is -0.352 e. The first-order chi connectivity index (χ1) is 9.95. The van der Waals surface area contributed by atoms with Crippen LogP contribution in [0.3, 0.4) is 0 Å². The van der Waals surface area contributed by atoms with Crippen LogP contribution in [-0.2, 0) is 11.3 Å². The first-order valence-electron chi connectivity index (χ1n) is 6.79. The second-order valence-electron chi connectivity index (χ2n) is 5.25. The topological polar surface area (TPSA) is 72.7 Å². The third-order valence-electron chi connectivity index (χ3n) is 3.21. The molecule has 0 fully saturated rings. The van der Waals surface area contributed by atoms with E-state index in [1.54, 1.807) is 12.1 Å². The second-order valence-corrected chi connectivity index (χ2v) is 5.25. The van der Waals surface area contributed by atoms with Crippen molar-refractivity contribution in [2.45, 2.75) is 33.4 Å². The van der Waals surface area contributed by atoms with Crippen molar-refractivity contribution in [3.63, 3.8) is 0 Å². The number of amides is 1. The van der Waals surface area contributed by atoms with Gasteiger partial charge in [-0.1, -0.05) is 26.0 Å². The van der Waals surface area contributed by atoms with E-state index in [0.717, 1.165) is 0 Å². The highest BCUT2D eigenvalue weighted by atomic mass is 19.1. The molecule has 0 bridgehead atoms. The number of carbonyl (C=O) groups excluding carboxylic acids is 1. The molecule has 0 radical (unpaired) electrons. The molecule has 1 atom stereocenters. The fraction of sp³-hybridized carbons (Fsp3) is 0.429. The van der Waals surface area contributed by atoms with E-state index in [4.69, 9.17) is 0 Å². The highest BCUT2D eigenvalue weighted by Crippen LogP contribution is 2.14. The van der Waals surface area contributed by atoms with Gasteiger partial charge in [0, 0.05) is 11.6 Å². The SMILES string of the molecule is CC(C)[C@@H](C)NC(=O)Cn1nnc(-c2cccc(F)c2)n1. The van der Waals surface area contributed by atoms with Crippen LogP contribution in [-0.4, -0.2) is 32.2 Å². The van der Waals surface area contributed by atoms with Crippen LogP contribution in [0, 0.1) is 11.7 Å². The molecule has 0 spiro atoms. The Labute approximate surface area is 122 Å². The monoisotopic (exact) mass is 291 g/mol. The van der Waals surface area contributed by atoms with E-state index in [1.807, 2.05) is 20.8 Å². The highest BCUT2D eigenvalue weighted by Gasteiger charge is 2.13. The van der Waals surface area contributed by atoms with Gasteiger partial charge in [-0.05, 0) is 30.2 Å². The summed E-state index contributed by atoms with van der Waals surface area (Å²) in [5.41, 5.74) is 0.525. The zero-order chi connectivity index (χ0) is 15.4. The molecule has 2 aromatic rings. The zero-order valence-electron chi connectivity index (χ0n) is 12.2. The van der Waals surface area contributed by atoms with Gasteiger partial charge in [0.15, 0.2) is 0 Å². The third-order valence-corrected chi connectivity index (χ3v) is 3.21. The molecule has 1 N–H and O–H groups in total. The number of tetrazole rings is 1. The molecule has 0 aliphatic heterocycles. The zero-order valence-corrected chi connectivity index (χ0v) is 12.2. The van der Waals surface area contributed by atoms with Gasteiger partial charge in [-0.15, -0.1) is 10.2 Å². The number of benzene rings is 1. The lowest BCUT2D eigenvalue weighted by atomic mass is 10.1. The minimum atomic E-state index is -0.368. The van der Waals surface area contributed by atoms with Crippen LogP contribution in [0.15, 0.2) is 24.3 Å². The summed E-state index contributed by atoms with van der Waals surface area (Å²) < 4.78 is 13.1. The van der Waals surface area contributed by atoms with Crippen LogP contribution < -0.4 is 5.32 Å². The van der Waals surface area contributed by atoms with E-state index >= 15 is 0 Å². The van der Waals surface area contributed by atoms with E-state index in [2.05, 4.69) is 20.7 Å². The summed E-state index contributed by atoms with van der Waals surface area (Å²) >= 11 is 0. The van der Waals surface area contributed by atoms with Gasteiger partial charge in [-0.25, -0.2) is 4.39 Å². The molecule has 0 saturated carbocycles. The minimum absolute atomic E-state index is 0.0145. The largest absolute Gasteiger partial charge is 0.352 e. The maximum absolute atomic E-state index is 13.1. The normalized spacial score (nSPS) is 12.4. The molecule has 0 aliphatic carbocycles. The molecule has 2 rings (SSSR count). The van der Waals surface area contributed by atoms with Crippen molar-refractivity contribution < 1.29 is 9.18 Å². The van der Waals surface area contributed by atoms with Gasteiger partial charge in [0.25, 0.3) is 0 Å². The average molecular weight is 291 g/mol. The van der Waals surface area contributed by atoms with Crippen molar-refractivity contribution in [2.75, 3.05) is 0 Å². The molecule has 0 unspecified atom stereocenters. The predicted octanol–water partition coefficient (Wildman–Crippen LogP) is 1.64. The summed E-state index contributed by atoms with van der Waals surface area (Å²) in [6.07, 6.45) is 0. The van der Waals surface area contributed by atoms with Crippen molar-refractivity contribution in [1.29, 1.82) is 0 Å². The standard InChI is InChI=1S/C14H18FN5O/c1-9(2)10(3)16-13(21)8-20-18-14(17-19-20)11-5-4-6-12(15)7-11/h4-7,9-10H,8H2,1-3H3,(H,16,21)/t10-/m1/s1. The van der Waals surface area contributed by atoms with Crippen molar-refractivity contribution in [1.82, 2.24) is 25.5 Å². The number of aromatic nitrogens is 4. The van der Waals surface area contributed by atoms with Gasteiger partial charge >= 0.3 is 0 Å². The highest BCUT2D eigenvalue weighted by molar-refractivity contribution is 5.75.